The van der Waals surface area contributed by atoms with Gasteiger partial charge < -0.3 is 10.6 Å². The van der Waals surface area contributed by atoms with Gasteiger partial charge in [-0.2, -0.15) is 5.10 Å². The number of carbonyl (C=O) groups excluding carboxylic acids is 1. The highest BCUT2D eigenvalue weighted by Gasteiger charge is 2.26. The van der Waals surface area contributed by atoms with Gasteiger partial charge in [-0.05, 0) is 52.6 Å². The fourth-order valence-electron chi connectivity index (χ4n) is 2.85. The van der Waals surface area contributed by atoms with Gasteiger partial charge in [0.05, 0.1) is 11.2 Å². The third-order valence-electron chi connectivity index (χ3n) is 4.32. The van der Waals surface area contributed by atoms with Crippen LogP contribution in [0.25, 0.3) is 0 Å². The predicted octanol–water partition coefficient (Wildman–Crippen LogP) is 3.26. The van der Waals surface area contributed by atoms with E-state index < -0.39 is 0 Å². The first-order valence-electron chi connectivity index (χ1n) is 8.69. The third-order valence-corrected chi connectivity index (χ3v) is 4.32. The number of nitrogens with zero attached hydrogens (tertiary/aromatic N) is 2. The average molecular weight is 320 g/mol. The second kappa shape index (κ2) is 6.63. The Morgan fingerprint density at radius 2 is 2.04 bits per heavy atom. The van der Waals surface area contributed by atoms with E-state index in [0.717, 1.165) is 31.0 Å². The molecule has 5 heteroatoms. The maximum Gasteiger partial charge on any atom is 0.225 e. The first-order chi connectivity index (χ1) is 10.6. The minimum Gasteiger partial charge on any atom is -0.316 e. The van der Waals surface area contributed by atoms with Gasteiger partial charge in [0.15, 0.2) is 0 Å². The second-order valence-electron chi connectivity index (χ2n) is 8.69. The van der Waals surface area contributed by atoms with Gasteiger partial charge in [-0.1, -0.05) is 20.8 Å². The molecule has 2 rings (SSSR count). The molecule has 1 aliphatic heterocycles. The van der Waals surface area contributed by atoms with E-state index in [1.165, 1.54) is 6.42 Å². The lowest BCUT2D eigenvalue weighted by Gasteiger charge is -2.23. The van der Waals surface area contributed by atoms with Crippen LogP contribution in [0.2, 0.25) is 0 Å². The van der Waals surface area contributed by atoms with Gasteiger partial charge in [0.1, 0.15) is 5.82 Å². The quantitative estimate of drug-likeness (QED) is 0.895. The van der Waals surface area contributed by atoms with Crippen molar-refractivity contribution in [3.63, 3.8) is 0 Å². The van der Waals surface area contributed by atoms with Gasteiger partial charge in [-0.25, -0.2) is 4.68 Å². The monoisotopic (exact) mass is 320 g/mol. The highest BCUT2D eigenvalue weighted by atomic mass is 16.1. The first-order valence-corrected chi connectivity index (χ1v) is 8.69. The zero-order chi connectivity index (χ0) is 17.3. The molecule has 0 saturated carbocycles. The van der Waals surface area contributed by atoms with Crippen molar-refractivity contribution >= 4 is 11.7 Å². The van der Waals surface area contributed by atoms with Crippen LogP contribution in [0.3, 0.4) is 0 Å². The molecule has 1 aromatic heterocycles. The molecule has 0 bridgehead atoms. The standard InChI is InChI=1S/C18H32N4O/c1-17(2,3)14-11-15(22(21-14)18(4,5)6)20-16(23)8-7-13-9-10-19-12-13/h11,13,19H,7-10,12H2,1-6H3,(H,20,23). The van der Waals surface area contributed by atoms with E-state index >= 15 is 0 Å². The topological polar surface area (TPSA) is 59.0 Å². The molecule has 1 saturated heterocycles. The van der Waals surface area contributed by atoms with Crippen LogP contribution in [0.4, 0.5) is 5.82 Å². The molecule has 2 N–H and O–H groups in total. The van der Waals surface area contributed by atoms with E-state index in [1.807, 2.05) is 10.7 Å². The van der Waals surface area contributed by atoms with Crippen LogP contribution in [-0.2, 0) is 15.7 Å². The van der Waals surface area contributed by atoms with E-state index in [9.17, 15) is 4.79 Å². The summed E-state index contributed by atoms with van der Waals surface area (Å²) >= 11 is 0. The van der Waals surface area contributed by atoms with E-state index in [4.69, 9.17) is 5.10 Å². The molecule has 1 amide bonds. The van der Waals surface area contributed by atoms with E-state index in [1.54, 1.807) is 0 Å². The highest BCUT2D eigenvalue weighted by molar-refractivity contribution is 5.90. The maximum absolute atomic E-state index is 12.3. The van der Waals surface area contributed by atoms with Gasteiger partial charge in [0.25, 0.3) is 0 Å². The van der Waals surface area contributed by atoms with Crippen LogP contribution >= 0.6 is 0 Å². The van der Waals surface area contributed by atoms with Crippen LogP contribution < -0.4 is 10.6 Å². The Bertz CT molecular complexity index is 542. The number of nitrogens with one attached hydrogen (secondary N) is 2. The molecule has 1 unspecified atom stereocenters. The summed E-state index contributed by atoms with van der Waals surface area (Å²) in [5.41, 5.74) is 0.801. The summed E-state index contributed by atoms with van der Waals surface area (Å²) < 4.78 is 1.93. The molecule has 0 aromatic carbocycles. The van der Waals surface area contributed by atoms with Crippen molar-refractivity contribution < 1.29 is 4.79 Å². The summed E-state index contributed by atoms with van der Waals surface area (Å²) in [6, 6.07) is 2.01. The van der Waals surface area contributed by atoms with Gasteiger partial charge in [0.2, 0.25) is 5.91 Å². The molecule has 2 heterocycles. The fraction of sp³-hybridized carbons (Fsp3) is 0.778. The fourth-order valence-corrected chi connectivity index (χ4v) is 2.85. The average Bonchev–Trinajstić information content (AvgIpc) is 3.03. The lowest BCUT2D eigenvalue weighted by atomic mass is 9.92. The number of aromatic nitrogens is 2. The Hall–Kier alpha value is -1.36. The predicted molar refractivity (Wildman–Crippen MR) is 94.8 cm³/mol. The van der Waals surface area contributed by atoms with Crippen LogP contribution in [0.5, 0.6) is 0 Å². The molecular formula is C18H32N4O. The van der Waals surface area contributed by atoms with E-state index in [0.29, 0.717) is 12.3 Å². The number of hydrogen-bond donors (Lipinski definition) is 2. The molecule has 1 fully saturated rings. The summed E-state index contributed by atoms with van der Waals surface area (Å²) in [7, 11) is 0. The lowest BCUT2D eigenvalue weighted by Crippen LogP contribution is -2.27. The van der Waals surface area contributed by atoms with Gasteiger partial charge >= 0.3 is 0 Å². The summed E-state index contributed by atoms with van der Waals surface area (Å²) in [5, 5.41) is 11.2. The van der Waals surface area contributed by atoms with Crippen LogP contribution in [0.1, 0.15) is 66.5 Å². The molecular weight excluding hydrogens is 288 g/mol. The number of hydrogen-bond acceptors (Lipinski definition) is 3. The van der Waals surface area contributed by atoms with Gasteiger partial charge in [-0.15, -0.1) is 0 Å². The Kier molecular flexibility index (Phi) is 5.19. The second-order valence-corrected chi connectivity index (χ2v) is 8.69. The van der Waals surface area contributed by atoms with Crippen LogP contribution in [0, 0.1) is 5.92 Å². The summed E-state index contributed by atoms with van der Waals surface area (Å²) in [5.74, 6) is 1.53. The highest BCUT2D eigenvalue weighted by Crippen LogP contribution is 2.28. The van der Waals surface area contributed by atoms with E-state index in [2.05, 4.69) is 52.2 Å². The number of amides is 1. The molecule has 130 valence electrons. The Labute approximate surface area is 140 Å². The maximum atomic E-state index is 12.3. The van der Waals surface area contributed by atoms with Crippen molar-refractivity contribution in [3.05, 3.63) is 11.8 Å². The summed E-state index contributed by atoms with van der Waals surface area (Å²) in [6.07, 6.45) is 2.71. The molecule has 1 aromatic rings. The smallest absolute Gasteiger partial charge is 0.225 e. The molecule has 0 spiro atoms. The van der Waals surface area contributed by atoms with Crippen molar-refractivity contribution in [2.75, 3.05) is 18.4 Å². The normalized spacial score (nSPS) is 19.1. The third kappa shape index (κ3) is 4.80. The first kappa shape index (κ1) is 18.0. The Morgan fingerprint density at radius 3 is 2.57 bits per heavy atom. The summed E-state index contributed by atoms with van der Waals surface area (Å²) in [4.78, 5) is 12.3. The largest absolute Gasteiger partial charge is 0.316 e. The molecule has 0 aliphatic carbocycles. The number of anilines is 1. The molecule has 1 atom stereocenters. The van der Waals surface area contributed by atoms with Crippen molar-refractivity contribution in [2.24, 2.45) is 5.92 Å². The molecule has 5 nitrogen and oxygen atoms in total. The molecule has 0 radical (unpaired) electrons. The van der Waals surface area contributed by atoms with Crippen molar-refractivity contribution in [1.29, 1.82) is 0 Å². The minimum atomic E-state index is -0.165. The molecule has 1 aliphatic rings. The minimum absolute atomic E-state index is 0.0362. The van der Waals surface area contributed by atoms with Crippen LogP contribution in [0.15, 0.2) is 6.07 Å². The van der Waals surface area contributed by atoms with Crippen molar-refractivity contribution in [3.8, 4) is 0 Å². The zero-order valence-corrected chi connectivity index (χ0v) is 15.5. The van der Waals surface area contributed by atoms with Crippen LogP contribution in [-0.4, -0.2) is 28.8 Å². The lowest BCUT2D eigenvalue weighted by molar-refractivity contribution is -0.116. The Morgan fingerprint density at radius 1 is 1.35 bits per heavy atom. The molecule has 23 heavy (non-hydrogen) atoms. The van der Waals surface area contributed by atoms with Gasteiger partial charge in [0, 0.05) is 17.9 Å². The number of carbonyl (C=O) groups is 1. The van der Waals surface area contributed by atoms with Gasteiger partial charge in [-0.3, -0.25) is 4.79 Å². The zero-order valence-electron chi connectivity index (χ0n) is 15.5. The number of rotatable bonds is 4. The van der Waals surface area contributed by atoms with Crippen molar-refractivity contribution in [1.82, 2.24) is 15.1 Å². The SMILES string of the molecule is CC(C)(C)c1cc(NC(=O)CCC2CCNC2)n(C(C)(C)C)n1. The Balaban J connectivity index is 2.07. The van der Waals surface area contributed by atoms with Crippen molar-refractivity contribution in [2.45, 2.75) is 71.8 Å². The van der Waals surface area contributed by atoms with E-state index in [-0.39, 0.29) is 16.9 Å². The summed E-state index contributed by atoms with van der Waals surface area (Å²) in [6.45, 7) is 14.9.